The number of hydrogen-bond acceptors (Lipinski definition) is 4. The fourth-order valence-corrected chi connectivity index (χ4v) is 1.53. The molecule has 0 amide bonds. The van der Waals surface area contributed by atoms with E-state index in [4.69, 9.17) is 10.8 Å². The average molecular weight is 168 g/mol. The molecule has 1 aromatic heterocycles. The molecule has 3 N–H and O–H groups in total. The molecule has 1 aliphatic heterocycles. The van der Waals surface area contributed by atoms with Crippen LogP contribution in [0.3, 0.4) is 0 Å². The summed E-state index contributed by atoms with van der Waals surface area (Å²) >= 11 is 0. The zero-order chi connectivity index (χ0) is 8.55. The molecule has 2 heterocycles. The minimum Gasteiger partial charge on any atom is -0.388 e. The van der Waals surface area contributed by atoms with Crippen molar-refractivity contribution in [2.45, 2.75) is 32.0 Å². The SMILES string of the molecule is NC1CCc2nnc(CO)n2C1. The molecule has 12 heavy (non-hydrogen) atoms. The van der Waals surface area contributed by atoms with Crippen LogP contribution in [0.2, 0.25) is 0 Å². The minimum absolute atomic E-state index is 0.0558. The van der Waals surface area contributed by atoms with Gasteiger partial charge in [-0.05, 0) is 6.42 Å². The highest BCUT2D eigenvalue weighted by atomic mass is 16.3. The van der Waals surface area contributed by atoms with Gasteiger partial charge >= 0.3 is 0 Å². The van der Waals surface area contributed by atoms with Crippen LogP contribution in [0.25, 0.3) is 0 Å². The molecule has 0 saturated heterocycles. The number of nitrogens with zero attached hydrogens (tertiary/aromatic N) is 3. The quantitative estimate of drug-likeness (QED) is 0.566. The van der Waals surface area contributed by atoms with Crippen LogP contribution >= 0.6 is 0 Å². The van der Waals surface area contributed by atoms with Crippen molar-refractivity contribution in [3.05, 3.63) is 11.6 Å². The standard InChI is InChI=1S/C7H12N4O/c8-5-1-2-6-9-10-7(4-12)11(6)3-5/h5,12H,1-4,8H2. The first-order valence-corrected chi connectivity index (χ1v) is 4.08. The molecule has 2 rings (SSSR count). The summed E-state index contributed by atoms with van der Waals surface area (Å²) in [7, 11) is 0. The van der Waals surface area contributed by atoms with Gasteiger partial charge in [0, 0.05) is 19.0 Å². The van der Waals surface area contributed by atoms with Crippen LogP contribution in [0.1, 0.15) is 18.1 Å². The Hall–Kier alpha value is -0.940. The van der Waals surface area contributed by atoms with Crippen molar-refractivity contribution in [2.24, 2.45) is 5.73 Å². The zero-order valence-corrected chi connectivity index (χ0v) is 6.77. The number of rotatable bonds is 1. The monoisotopic (exact) mass is 168 g/mol. The molecule has 0 saturated carbocycles. The van der Waals surface area contributed by atoms with Crippen molar-refractivity contribution in [3.63, 3.8) is 0 Å². The lowest BCUT2D eigenvalue weighted by Gasteiger charge is -2.20. The van der Waals surface area contributed by atoms with Gasteiger partial charge in [-0.2, -0.15) is 0 Å². The smallest absolute Gasteiger partial charge is 0.158 e. The van der Waals surface area contributed by atoms with E-state index in [1.54, 1.807) is 0 Å². The summed E-state index contributed by atoms with van der Waals surface area (Å²) in [6, 6.07) is 0.179. The number of aliphatic hydroxyl groups is 1. The third kappa shape index (κ3) is 1.11. The van der Waals surface area contributed by atoms with E-state index in [0.717, 1.165) is 25.2 Å². The first kappa shape index (κ1) is 7.70. The van der Waals surface area contributed by atoms with Gasteiger partial charge in [0.25, 0.3) is 0 Å². The average Bonchev–Trinajstić information content (AvgIpc) is 2.46. The molecule has 1 aliphatic rings. The van der Waals surface area contributed by atoms with E-state index in [-0.39, 0.29) is 12.6 Å². The Morgan fingerprint density at radius 1 is 1.58 bits per heavy atom. The lowest BCUT2D eigenvalue weighted by molar-refractivity contribution is 0.260. The van der Waals surface area contributed by atoms with Gasteiger partial charge in [0.2, 0.25) is 0 Å². The van der Waals surface area contributed by atoms with Gasteiger partial charge in [-0.15, -0.1) is 10.2 Å². The topological polar surface area (TPSA) is 77.0 Å². The van der Waals surface area contributed by atoms with Crippen molar-refractivity contribution in [3.8, 4) is 0 Å². The van der Waals surface area contributed by atoms with Crippen molar-refractivity contribution in [1.29, 1.82) is 0 Å². The molecule has 1 aromatic rings. The Balaban J connectivity index is 2.34. The van der Waals surface area contributed by atoms with Crippen LogP contribution in [0.4, 0.5) is 0 Å². The predicted octanol–water partition coefficient (Wildman–Crippen LogP) is -0.956. The Bertz CT molecular complexity index is 269. The van der Waals surface area contributed by atoms with Crippen LogP contribution in [0, 0.1) is 0 Å². The summed E-state index contributed by atoms with van der Waals surface area (Å²) in [5.41, 5.74) is 5.77. The molecule has 1 unspecified atom stereocenters. The highest BCUT2D eigenvalue weighted by Gasteiger charge is 2.19. The molecular formula is C7H12N4O. The Kier molecular flexibility index (Phi) is 1.82. The van der Waals surface area contributed by atoms with E-state index in [2.05, 4.69) is 10.2 Å². The van der Waals surface area contributed by atoms with Gasteiger partial charge < -0.3 is 15.4 Å². The summed E-state index contributed by atoms with van der Waals surface area (Å²) in [5, 5.41) is 16.7. The van der Waals surface area contributed by atoms with Crippen molar-refractivity contribution in [2.75, 3.05) is 0 Å². The van der Waals surface area contributed by atoms with Gasteiger partial charge in [-0.3, -0.25) is 0 Å². The number of aliphatic hydroxyl groups excluding tert-OH is 1. The lowest BCUT2D eigenvalue weighted by atomic mass is 10.1. The van der Waals surface area contributed by atoms with Gasteiger partial charge in [-0.1, -0.05) is 0 Å². The van der Waals surface area contributed by atoms with E-state index in [1.807, 2.05) is 4.57 Å². The summed E-state index contributed by atoms with van der Waals surface area (Å²) in [4.78, 5) is 0. The highest BCUT2D eigenvalue weighted by molar-refractivity contribution is 4.99. The summed E-state index contributed by atoms with van der Waals surface area (Å²) in [5.74, 6) is 1.57. The van der Waals surface area contributed by atoms with Gasteiger partial charge in [0.1, 0.15) is 12.4 Å². The van der Waals surface area contributed by atoms with Crippen LogP contribution in [-0.2, 0) is 19.6 Å². The number of fused-ring (bicyclic) bond motifs is 1. The summed E-state index contributed by atoms with van der Waals surface area (Å²) < 4.78 is 1.91. The number of nitrogens with two attached hydrogens (primary N) is 1. The molecule has 0 aromatic carbocycles. The number of hydrogen-bond donors (Lipinski definition) is 2. The maximum Gasteiger partial charge on any atom is 0.158 e. The van der Waals surface area contributed by atoms with Gasteiger partial charge in [-0.25, -0.2) is 0 Å². The normalized spacial score (nSPS) is 22.3. The minimum atomic E-state index is -0.0558. The Morgan fingerprint density at radius 2 is 2.42 bits per heavy atom. The molecule has 5 nitrogen and oxygen atoms in total. The molecule has 0 spiro atoms. The fraction of sp³-hybridized carbons (Fsp3) is 0.714. The summed E-state index contributed by atoms with van der Waals surface area (Å²) in [6.45, 7) is 0.679. The molecule has 0 bridgehead atoms. The second kappa shape index (κ2) is 2.84. The zero-order valence-electron chi connectivity index (χ0n) is 6.77. The molecule has 5 heteroatoms. The van der Waals surface area contributed by atoms with Crippen LogP contribution in [-0.4, -0.2) is 25.9 Å². The number of aromatic nitrogens is 3. The third-order valence-corrected chi connectivity index (χ3v) is 2.20. The van der Waals surface area contributed by atoms with Gasteiger partial charge in [0.15, 0.2) is 5.82 Å². The predicted molar refractivity (Wildman–Crippen MR) is 42.2 cm³/mol. The molecule has 0 fully saturated rings. The van der Waals surface area contributed by atoms with E-state index in [9.17, 15) is 0 Å². The second-order valence-corrected chi connectivity index (χ2v) is 3.10. The maximum atomic E-state index is 8.90. The third-order valence-electron chi connectivity index (χ3n) is 2.20. The first-order valence-electron chi connectivity index (χ1n) is 4.08. The van der Waals surface area contributed by atoms with E-state index in [0.29, 0.717) is 5.82 Å². The molecule has 1 atom stereocenters. The molecule has 66 valence electrons. The van der Waals surface area contributed by atoms with Crippen LogP contribution in [0.15, 0.2) is 0 Å². The Morgan fingerprint density at radius 3 is 3.17 bits per heavy atom. The van der Waals surface area contributed by atoms with E-state index >= 15 is 0 Å². The lowest BCUT2D eigenvalue weighted by Crippen LogP contribution is -2.32. The fourth-order valence-electron chi connectivity index (χ4n) is 1.53. The van der Waals surface area contributed by atoms with Crippen molar-refractivity contribution in [1.82, 2.24) is 14.8 Å². The maximum absolute atomic E-state index is 8.90. The highest BCUT2D eigenvalue weighted by Crippen LogP contribution is 2.13. The number of aryl methyl sites for hydroxylation is 1. The molecule has 0 radical (unpaired) electrons. The van der Waals surface area contributed by atoms with Crippen LogP contribution in [0.5, 0.6) is 0 Å². The second-order valence-electron chi connectivity index (χ2n) is 3.10. The van der Waals surface area contributed by atoms with E-state index in [1.165, 1.54) is 0 Å². The van der Waals surface area contributed by atoms with Crippen molar-refractivity contribution >= 4 is 0 Å². The summed E-state index contributed by atoms with van der Waals surface area (Å²) in [6.07, 6.45) is 1.83. The van der Waals surface area contributed by atoms with Crippen molar-refractivity contribution < 1.29 is 5.11 Å². The molecular weight excluding hydrogens is 156 g/mol. The molecule has 0 aliphatic carbocycles. The largest absolute Gasteiger partial charge is 0.388 e. The van der Waals surface area contributed by atoms with E-state index < -0.39 is 0 Å². The Labute approximate surface area is 70.2 Å². The first-order chi connectivity index (χ1) is 5.81. The van der Waals surface area contributed by atoms with Gasteiger partial charge in [0.05, 0.1) is 0 Å². The van der Waals surface area contributed by atoms with Crippen LogP contribution < -0.4 is 5.73 Å².